The van der Waals surface area contributed by atoms with Crippen LogP contribution in [0, 0.1) is 0 Å². The van der Waals surface area contributed by atoms with Gasteiger partial charge in [-0.05, 0) is 80.5 Å². The van der Waals surface area contributed by atoms with Crippen LogP contribution >= 0.6 is 9.24 Å². The number of anilines is 1. The molecule has 2 aromatic rings. The third kappa shape index (κ3) is 6.85. The predicted molar refractivity (Wildman–Crippen MR) is 173 cm³/mol. The van der Waals surface area contributed by atoms with E-state index < -0.39 is 0 Å². The molecule has 3 aliphatic rings. The summed E-state index contributed by atoms with van der Waals surface area (Å²) < 4.78 is 0. The summed E-state index contributed by atoms with van der Waals surface area (Å²) in [5, 5.41) is 0. The maximum Gasteiger partial charge on any atom is 0.131 e. The van der Waals surface area contributed by atoms with Crippen molar-refractivity contribution in [1.82, 2.24) is 19.7 Å². The second-order valence-corrected chi connectivity index (χ2v) is 12.4. The Morgan fingerprint density at radius 3 is 2.30 bits per heavy atom. The summed E-state index contributed by atoms with van der Waals surface area (Å²) in [6.45, 7) is 20.6. The van der Waals surface area contributed by atoms with Crippen LogP contribution in [-0.4, -0.2) is 78.4 Å². The van der Waals surface area contributed by atoms with Gasteiger partial charge in [0.2, 0.25) is 0 Å². The van der Waals surface area contributed by atoms with E-state index in [1.165, 1.54) is 28.0 Å². The molecule has 0 radical (unpaired) electrons. The molecule has 0 spiro atoms. The largest absolute Gasteiger partial charge is 0.372 e. The van der Waals surface area contributed by atoms with E-state index in [2.05, 4.69) is 105 Å². The Morgan fingerprint density at radius 2 is 1.65 bits per heavy atom. The van der Waals surface area contributed by atoms with Crippen molar-refractivity contribution in [2.24, 2.45) is 4.99 Å². The van der Waals surface area contributed by atoms with Crippen molar-refractivity contribution in [2.45, 2.75) is 45.6 Å². The number of benzene rings is 1. The summed E-state index contributed by atoms with van der Waals surface area (Å²) in [5.74, 6) is 2.71. The van der Waals surface area contributed by atoms with E-state index in [1.54, 1.807) is 0 Å². The second-order valence-electron chi connectivity index (χ2n) is 11.7. The standard InChI is InChI=1S/C33H45N6P/c1-24(2)27-6-8-28(9-7-27)29-10-13-38(14-11-29)32-21-31-23-39(15-12-30(31)22-34-32)33(35-26(4)40)20-25(3)37-18-16-36(5)17-19-37/h6-9,20-22,29H,1,4,10-19,23,40H2,2-3,5H3/b25-20+,35-33+. The van der Waals surface area contributed by atoms with Gasteiger partial charge in [0.05, 0.1) is 5.44 Å². The van der Waals surface area contributed by atoms with E-state index in [0.29, 0.717) is 5.92 Å². The fourth-order valence-electron chi connectivity index (χ4n) is 6.05. The van der Waals surface area contributed by atoms with Gasteiger partial charge in [-0.1, -0.05) is 52.2 Å². The van der Waals surface area contributed by atoms with Crippen molar-refractivity contribution in [3.8, 4) is 0 Å². The Morgan fingerprint density at radius 1 is 0.950 bits per heavy atom. The number of nitrogens with zero attached hydrogens (tertiary/aromatic N) is 6. The molecule has 212 valence electrons. The quantitative estimate of drug-likeness (QED) is 0.257. The van der Waals surface area contributed by atoms with Crippen molar-refractivity contribution in [1.29, 1.82) is 0 Å². The normalized spacial score (nSPS) is 19.6. The monoisotopic (exact) mass is 556 g/mol. The maximum atomic E-state index is 4.91. The zero-order valence-corrected chi connectivity index (χ0v) is 25.7. The van der Waals surface area contributed by atoms with Crippen molar-refractivity contribution in [3.63, 3.8) is 0 Å². The highest BCUT2D eigenvalue weighted by Crippen LogP contribution is 2.32. The lowest BCUT2D eigenvalue weighted by Gasteiger charge is -2.36. The number of amidine groups is 1. The van der Waals surface area contributed by atoms with Gasteiger partial charge in [-0.25, -0.2) is 9.98 Å². The molecule has 3 aliphatic heterocycles. The number of rotatable bonds is 6. The zero-order valence-electron chi connectivity index (χ0n) is 24.6. The number of hydrogen-bond donors (Lipinski definition) is 0. The average Bonchev–Trinajstić information content (AvgIpc) is 2.96. The Kier molecular flexibility index (Phi) is 9.07. The summed E-state index contributed by atoms with van der Waals surface area (Å²) in [5.41, 5.74) is 8.55. The van der Waals surface area contributed by atoms with Gasteiger partial charge in [-0.2, -0.15) is 0 Å². The molecule has 0 amide bonds. The van der Waals surface area contributed by atoms with E-state index in [4.69, 9.17) is 9.98 Å². The first-order valence-electron chi connectivity index (χ1n) is 14.6. The van der Waals surface area contributed by atoms with Gasteiger partial charge in [0.1, 0.15) is 11.7 Å². The zero-order chi connectivity index (χ0) is 28.2. The van der Waals surface area contributed by atoms with Crippen molar-refractivity contribution >= 4 is 26.5 Å². The van der Waals surface area contributed by atoms with Crippen LogP contribution in [0.2, 0.25) is 0 Å². The molecule has 1 aromatic carbocycles. The van der Waals surface area contributed by atoms with Crippen molar-refractivity contribution in [3.05, 3.63) is 89.2 Å². The number of piperidine rings is 1. The second kappa shape index (κ2) is 12.7. The first kappa shape index (κ1) is 28.6. The molecule has 4 heterocycles. The van der Waals surface area contributed by atoms with Crippen LogP contribution in [0.15, 0.2) is 71.9 Å². The molecule has 0 aliphatic carbocycles. The lowest BCUT2D eigenvalue weighted by atomic mass is 9.88. The molecule has 40 heavy (non-hydrogen) atoms. The Balaban J connectivity index is 1.26. The molecular weight excluding hydrogens is 511 g/mol. The Labute approximate surface area is 243 Å². The highest BCUT2D eigenvalue weighted by atomic mass is 31.0. The van der Waals surface area contributed by atoms with Gasteiger partial charge < -0.3 is 19.6 Å². The molecule has 2 fully saturated rings. The third-order valence-corrected chi connectivity index (χ3v) is 8.83. The Hall–Kier alpha value is -2.95. The molecule has 1 unspecified atom stereocenters. The number of aromatic nitrogens is 1. The smallest absolute Gasteiger partial charge is 0.131 e. The lowest BCUT2D eigenvalue weighted by Crippen LogP contribution is -2.44. The summed E-state index contributed by atoms with van der Waals surface area (Å²) in [6, 6.07) is 11.3. The minimum Gasteiger partial charge on any atom is -0.372 e. The highest BCUT2D eigenvalue weighted by molar-refractivity contribution is 7.22. The van der Waals surface area contributed by atoms with Gasteiger partial charge in [-0.15, -0.1) is 0 Å². The number of piperazine rings is 1. The van der Waals surface area contributed by atoms with Gasteiger partial charge >= 0.3 is 0 Å². The van der Waals surface area contributed by atoms with Crippen LogP contribution in [0.25, 0.3) is 5.57 Å². The molecule has 2 saturated heterocycles. The van der Waals surface area contributed by atoms with Crippen LogP contribution in [0.1, 0.15) is 54.9 Å². The first-order chi connectivity index (χ1) is 19.3. The van der Waals surface area contributed by atoms with Crippen LogP contribution in [0.5, 0.6) is 0 Å². The molecule has 0 N–H and O–H groups in total. The maximum absolute atomic E-state index is 4.91. The van der Waals surface area contributed by atoms with Crippen molar-refractivity contribution < 1.29 is 0 Å². The fraction of sp³-hybridized carbons (Fsp3) is 0.455. The molecule has 1 aromatic heterocycles. The summed E-state index contributed by atoms with van der Waals surface area (Å²) >= 11 is 0. The Bertz CT molecular complexity index is 1280. The number of hydrogen-bond acceptors (Lipinski definition) is 5. The van der Waals surface area contributed by atoms with Gasteiger partial charge in [-0.3, -0.25) is 0 Å². The van der Waals surface area contributed by atoms with E-state index >= 15 is 0 Å². The minimum atomic E-state index is 0.609. The molecule has 6 nitrogen and oxygen atoms in total. The van der Waals surface area contributed by atoms with Crippen LogP contribution in [0.3, 0.4) is 0 Å². The molecule has 0 saturated carbocycles. The molecule has 5 rings (SSSR count). The fourth-order valence-corrected chi connectivity index (χ4v) is 6.19. The van der Waals surface area contributed by atoms with Gasteiger partial charge in [0, 0.05) is 64.3 Å². The first-order valence-corrected chi connectivity index (χ1v) is 15.2. The van der Waals surface area contributed by atoms with E-state index in [-0.39, 0.29) is 0 Å². The van der Waals surface area contributed by atoms with E-state index in [1.807, 2.05) is 0 Å². The van der Waals surface area contributed by atoms with Gasteiger partial charge in [0.25, 0.3) is 0 Å². The summed E-state index contributed by atoms with van der Waals surface area (Å²) in [4.78, 5) is 19.5. The third-order valence-electron chi connectivity index (χ3n) is 8.70. The topological polar surface area (TPSA) is 38.2 Å². The highest BCUT2D eigenvalue weighted by Gasteiger charge is 2.25. The predicted octanol–water partition coefficient (Wildman–Crippen LogP) is 5.75. The SMILES string of the molecule is C=C(P)/N=C(\C=C(/C)N1CCN(C)CC1)N1CCc2cnc(N3CCC(c4ccc(C(=C)C)cc4)CC3)cc2C1. The number of aliphatic imine (C=N–C) groups is 1. The minimum absolute atomic E-state index is 0.609. The van der Waals surface area contributed by atoms with Crippen LogP contribution < -0.4 is 4.90 Å². The van der Waals surface area contributed by atoms with Crippen molar-refractivity contribution in [2.75, 3.05) is 57.8 Å². The average molecular weight is 557 g/mol. The van der Waals surface area contributed by atoms with Crippen LogP contribution in [0.4, 0.5) is 5.82 Å². The summed E-state index contributed by atoms with van der Waals surface area (Å²) in [7, 11) is 4.85. The molecule has 7 heteroatoms. The number of allylic oxidation sites excluding steroid dienone is 2. The molecule has 1 atom stereocenters. The van der Waals surface area contributed by atoms with E-state index in [0.717, 1.165) is 94.3 Å². The number of pyridine rings is 1. The lowest BCUT2D eigenvalue weighted by molar-refractivity contribution is 0.186. The number of likely N-dealkylation sites (N-methyl/N-ethyl adjacent to an activating group) is 1. The van der Waals surface area contributed by atoms with Gasteiger partial charge in [0.15, 0.2) is 0 Å². The van der Waals surface area contributed by atoms with Crippen LogP contribution in [-0.2, 0) is 13.0 Å². The summed E-state index contributed by atoms with van der Waals surface area (Å²) in [6.07, 6.45) is 7.65. The molecular formula is C33H45N6P. The molecule has 0 bridgehead atoms. The van der Waals surface area contributed by atoms with E-state index in [9.17, 15) is 0 Å². The number of fused-ring (bicyclic) bond motifs is 1.